The van der Waals surface area contributed by atoms with E-state index < -0.39 is 0 Å². The lowest BCUT2D eigenvalue weighted by Crippen LogP contribution is -2.39. The Bertz CT molecular complexity index is 369. The van der Waals surface area contributed by atoms with E-state index in [0.717, 1.165) is 19.5 Å². The third-order valence-electron chi connectivity index (χ3n) is 3.10. The summed E-state index contributed by atoms with van der Waals surface area (Å²) in [7, 11) is 1.92. The average molecular weight is 238 g/mol. The number of nitrogens with zero attached hydrogens (tertiary/aromatic N) is 1. The van der Waals surface area contributed by atoms with Crippen LogP contribution in [-0.4, -0.2) is 37.0 Å². The molecule has 1 unspecified atom stereocenters. The molecule has 2 rings (SSSR count). The van der Waals surface area contributed by atoms with E-state index in [0.29, 0.717) is 12.5 Å². The summed E-state index contributed by atoms with van der Waals surface area (Å²) >= 11 is 1.71. The largest absolute Gasteiger partial charge is 0.341 e. The Kier molecular flexibility index (Phi) is 3.61. The SMILES string of the molecule is Cc1ccc(CC(=O)N(C)C2CCNC2)s1. The van der Waals surface area contributed by atoms with Crippen LogP contribution < -0.4 is 5.32 Å². The molecule has 1 aliphatic rings. The van der Waals surface area contributed by atoms with Crippen LogP contribution in [0, 0.1) is 6.92 Å². The summed E-state index contributed by atoms with van der Waals surface area (Å²) < 4.78 is 0. The molecule has 1 aliphatic heterocycles. The lowest BCUT2D eigenvalue weighted by Gasteiger charge is -2.23. The van der Waals surface area contributed by atoms with Crippen LogP contribution in [0.2, 0.25) is 0 Å². The summed E-state index contributed by atoms with van der Waals surface area (Å²) in [5.74, 6) is 0.232. The summed E-state index contributed by atoms with van der Waals surface area (Å²) in [6, 6.07) is 4.51. The Labute approximate surface area is 100 Å². The van der Waals surface area contributed by atoms with Gasteiger partial charge in [-0.2, -0.15) is 0 Å². The van der Waals surface area contributed by atoms with Crippen molar-refractivity contribution in [1.29, 1.82) is 0 Å². The molecule has 3 nitrogen and oxygen atoms in total. The Morgan fingerprint density at radius 2 is 2.44 bits per heavy atom. The molecule has 1 saturated heterocycles. The van der Waals surface area contributed by atoms with Gasteiger partial charge in [0.1, 0.15) is 0 Å². The standard InChI is InChI=1S/C12H18N2OS/c1-9-3-4-11(16-9)7-12(15)14(2)10-5-6-13-8-10/h3-4,10,13H,5-8H2,1-2H3. The van der Waals surface area contributed by atoms with Crippen molar-refractivity contribution in [3.63, 3.8) is 0 Å². The smallest absolute Gasteiger partial charge is 0.227 e. The molecule has 1 amide bonds. The van der Waals surface area contributed by atoms with Gasteiger partial charge in [0.2, 0.25) is 5.91 Å². The normalized spacial score (nSPS) is 20.0. The highest BCUT2D eigenvalue weighted by molar-refractivity contribution is 7.12. The molecule has 0 radical (unpaired) electrons. The third-order valence-corrected chi connectivity index (χ3v) is 4.10. The zero-order chi connectivity index (χ0) is 11.5. The Balaban J connectivity index is 1.92. The van der Waals surface area contributed by atoms with E-state index in [9.17, 15) is 4.79 Å². The van der Waals surface area contributed by atoms with Gasteiger partial charge in [-0.3, -0.25) is 4.79 Å². The molecular formula is C12H18N2OS. The Morgan fingerprint density at radius 1 is 1.62 bits per heavy atom. The monoisotopic (exact) mass is 238 g/mol. The van der Waals surface area contributed by atoms with Gasteiger partial charge in [-0.1, -0.05) is 0 Å². The molecular weight excluding hydrogens is 220 g/mol. The second kappa shape index (κ2) is 4.97. The molecule has 0 aliphatic carbocycles. The first-order chi connectivity index (χ1) is 7.66. The number of hydrogen-bond acceptors (Lipinski definition) is 3. The minimum atomic E-state index is 0.232. The number of hydrogen-bond donors (Lipinski definition) is 1. The van der Waals surface area contributed by atoms with Crippen molar-refractivity contribution in [1.82, 2.24) is 10.2 Å². The first-order valence-electron chi connectivity index (χ1n) is 5.68. The minimum absolute atomic E-state index is 0.232. The van der Waals surface area contributed by atoms with Gasteiger partial charge in [0.25, 0.3) is 0 Å². The summed E-state index contributed by atoms with van der Waals surface area (Å²) in [6.07, 6.45) is 1.62. The predicted molar refractivity (Wildman–Crippen MR) is 66.8 cm³/mol. The van der Waals surface area contributed by atoms with E-state index in [-0.39, 0.29) is 5.91 Å². The molecule has 2 heterocycles. The molecule has 16 heavy (non-hydrogen) atoms. The lowest BCUT2D eigenvalue weighted by molar-refractivity contribution is -0.130. The van der Waals surface area contributed by atoms with E-state index in [4.69, 9.17) is 0 Å². The van der Waals surface area contributed by atoms with Crippen LogP contribution in [0.4, 0.5) is 0 Å². The van der Waals surface area contributed by atoms with Crippen molar-refractivity contribution in [2.75, 3.05) is 20.1 Å². The zero-order valence-corrected chi connectivity index (χ0v) is 10.6. The number of thiophene rings is 1. The van der Waals surface area contributed by atoms with Crippen molar-refractivity contribution < 1.29 is 4.79 Å². The maximum absolute atomic E-state index is 12.0. The average Bonchev–Trinajstić information content (AvgIpc) is 2.88. The van der Waals surface area contributed by atoms with Gasteiger partial charge in [-0.15, -0.1) is 11.3 Å². The van der Waals surface area contributed by atoms with E-state index in [1.807, 2.05) is 11.9 Å². The molecule has 1 atom stereocenters. The number of amides is 1. The van der Waals surface area contributed by atoms with Crippen LogP contribution in [0.15, 0.2) is 12.1 Å². The van der Waals surface area contributed by atoms with Gasteiger partial charge in [0, 0.05) is 29.4 Å². The molecule has 1 aromatic heterocycles. The van der Waals surface area contributed by atoms with Crippen molar-refractivity contribution in [2.45, 2.75) is 25.8 Å². The molecule has 4 heteroatoms. The molecule has 0 bridgehead atoms. The number of aryl methyl sites for hydroxylation is 1. The second-order valence-electron chi connectivity index (χ2n) is 4.34. The number of nitrogens with one attached hydrogen (secondary N) is 1. The summed E-state index contributed by atoms with van der Waals surface area (Å²) in [5.41, 5.74) is 0. The maximum atomic E-state index is 12.0. The van der Waals surface area contributed by atoms with E-state index >= 15 is 0 Å². The first-order valence-corrected chi connectivity index (χ1v) is 6.50. The van der Waals surface area contributed by atoms with Gasteiger partial charge >= 0.3 is 0 Å². The highest BCUT2D eigenvalue weighted by Crippen LogP contribution is 2.17. The van der Waals surface area contributed by atoms with Gasteiger partial charge in [0.15, 0.2) is 0 Å². The lowest BCUT2D eigenvalue weighted by atomic mass is 10.2. The predicted octanol–water partition coefficient (Wildman–Crippen LogP) is 1.42. The fourth-order valence-electron chi connectivity index (χ4n) is 2.03. The third kappa shape index (κ3) is 2.62. The second-order valence-corrected chi connectivity index (χ2v) is 5.71. The van der Waals surface area contributed by atoms with Crippen LogP contribution in [0.25, 0.3) is 0 Å². The first kappa shape index (κ1) is 11.6. The molecule has 1 aromatic rings. The number of carbonyl (C=O) groups excluding carboxylic acids is 1. The molecule has 0 spiro atoms. The van der Waals surface area contributed by atoms with Crippen LogP contribution in [0.5, 0.6) is 0 Å². The highest BCUT2D eigenvalue weighted by Gasteiger charge is 2.23. The van der Waals surface area contributed by atoms with Crippen LogP contribution in [0.1, 0.15) is 16.2 Å². The minimum Gasteiger partial charge on any atom is -0.341 e. The summed E-state index contributed by atoms with van der Waals surface area (Å²) in [5, 5.41) is 3.28. The van der Waals surface area contributed by atoms with Gasteiger partial charge < -0.3 is 10.2 Å². The fourth-order valence-corrected chi connectivity index (χ4v) is 2.91. The van der Waals surface area contributed by atoms with Crippen molar-refractivity contribution in [3.8, 4) is 0 Å². The van der Waals surface area contributed by atoms with Crippen molar-refractivity contribution in [3.05, 3.63) is 21.9 Å². The number of rotatable bonds is 3. The quantitative estimate of drug-likeness (QED) is 0.864. The zero-order valence-electron chi connectivity index (χ0n) is 9.82. The topological polar surface area (TPSA) is 32.3 Å². The molecule has 0 aromatic carbocycles. The number of likely N-dealkylation sites (N-methyl/N-ethyl adjacent to an activating group) is 1. The van der Waals surface area contributed by atoms with E-state index in [2.05, 4.69) is 24.4 Å². The fraction of sp³-hybridized carbons (Fsp3) is 0.583. The Morgan fingerprint density at radius 3 is 3.00 bits per heavy atom. The summed E-state index contributed by atoms with van der Waals surface area (Å²) in [6.45, 7) is 4.04. The maximum Gasteiger partial charge on any atom is 0.227 e. The van der Waals surface area contributed by atoms with Crippen LogP contribution >= 0.6 is 11.3 Å². The van der Waals surface area contributed by atoms with Crippen molar-refractivity contribution in [2.24, 2.45) is 0 Å². The van der Waals surface area contributed by atoms with Crippen LogP contribution in [-0.2, 0) is 11.2 Å². The van der Waals surface area contributed by atoms with Gasteiger partial charge in [-0.05, 0) is 32.0 Å². The van der Waals surface area contributed by atoms with E-state index in [1.165, 1.54) is 9.75 Å². The molecule has 0 saturated carbocycles. The molecule has 1 N–H and O–H groups in total. The van der Waals surface area contributed by atoms with E-state index in [1.54, 1.807) is 11.3 Å². The van der Waals surface area contributed by atoms with Gasteiger partial charge in [-0.25, -0.2) is 0 Å². The van der Waals surface area contributed by atoms with Crippen LogP contribution in [0.3, 0.4) is 0 Å². The van der Waals surface area contributed by atoms with Crippen molar-refractivity contribution >= 4 is 17.2 Å². The summed E-state index contributed by atoms with van der Waals surface area (Å²) in [4.78, 5) is 16.3. The number of carbonyl (C=O) groups is 1. The van der Waals surface area contributed by atoms with Gasteiger partial charge in [0.05, 0.1) is 6.42 Å². The molecule has 88 valence electrons. The Hall–Kier alpha value is -0.870. The highest BCUT2D eigenvalue weighted by atomic mass is 32.1. The molecule has 1 fully saturated rings.